The van der Waals surface area contributed by atoms with Gasteiger partial charge >= 0.3 is 0 Å². The maximum Gasteiger partial charge on any atom is 0.271 e. The zero-order valence-electron chi connectivity index (χ0n) is 17.0. The lowest BCUT2D eigenvalue weighted by atomic mass is 10.2. The van der Waals surface area contributed by atoms with Crippen molar-refractivity contribution in [3.05, 3.63) is 87.4 Å². The molecule has 0 fully saturated rings. The number of nitrogens with zero attached hydrogens (tertiary/aromatic N) is 2. The first-order chi connectivity index (χ1) is 15.1. The van der Waals surface area contributed by atoms with E-state index in [1.54, 1.807) is 0 Å². The van der Waals surface area contributed by atoms with Crippen LogP contribution in [0.25, 0.3) is 0 Å². The molecular formula is C21H18ClN3O6S. The number of methoxy groups -OCH3 is 1. The molecule has 0 aromatic heterocycles. The first kappa shape index (κ1) is 23.0. The highest BCUT2D eigenvalue weighted by Crippen LogP contribution is 2.30. The topological polar surface area (TPSA) is 119 Å². The number of hydrogen-bond donors (Lipinski definition) is 1. The van der Waals surface area contributed by atoms with Crippen LogP contribution in [0.15, 0.2) is 71.6 Å². The molecule has 0 atom stereocenters. The molecule has 3 aromatic carbocycles. The van der Waals surface area contributed by atoms with E-state index in [0.717, 1.165) is 4.31 Å². The summed E-state index contributed by atoms with van der Waals surface area (Å²) in [7, 11) is -1.05. The Morgan fingerprint density at radius 1 is 1.06 bits per heavy atom. The van der Waals surface area contributed by atoms with Gasteiger partial charge < -0.3 is 10.1 Å². The van der Waals surface area contributed by atoms with Crippen molar-refractivity contribution in [3.8, 4) is 5.75 Å². The van der Waals surface area contributed by atoms with Crippen LogP contribution in [-0.4, -0.2) is 33.4 Å². The number of anilines is 2. The standard InChI is InChI=1S/C21H18ClN3O6S/c1-24(32(29,30)18-10-5-15(22)6-11-18)16-7-3-14(4-8-16)21(26)23-19-13-17(25(27)28)9-12-20(19)31-2/h3-13H,1-2H3,(H,23,26). The van der Waals surface area contributed by atoms with E-state index in [1.807, 2.05) is 0 Å². The number of non-ortho nitro benzene ring substituents is 1. The fourth-order valence-corrected chi connectivity index (χ4v) is 4.15. The number of benzene rings is 3. The van der Waals surface area contributed by atoms with Crippen molar-refractivity contribution >= 4 is 44.6 Å². The number of amides is 1. The van der Waals surface area contributed by atoms with Crippen LogP contribution in [0.2, 0.25) is 5.02 Å². The largest absolute Gasteiger partial charge is 0.495 e. The molecule has 1 amide bonds. The number of nitro groups is 1. The van der Waals surface area contributed by atoms with Gasteiger partial charge in [0.1, 0.15) is 5.75 Å². The molecule has 3 aromatic rings. The summed E-state index contributed by atoms with van der Waals surface area (Å²) < 4.78 is 31.8. The second kappa shape index (κ2) is 9.25. The van der Waals surface area contributed by atoms with Crippen molar-refractivity contribution in [1.29, 1.82) is 0 Å². The second-order valence-electron chi connectivity index (χ2n) is 6.57. The fourth-order valence-electron chi connectivity index (χ4n) is 2.83. The molecule has 0 aliphatic rings. The average molecular weight is 476 g/mol. The lowest BCUT2D eigenvalue weighted by Crippen LogP contribution is -2.26. The summed E-state index contributed by atoms with van der Waals surface area (Å²) in [5.41, 5.74) is 0.493. The number of carbonyl (C=O) groups excluding carboxylic acids is 1. The Morgan fingerprint density at radius 3 is 2.25 bits per heavy atom. The van der Waals surface area contributed by atoms with E-state index >= 15 is 0 Å². The van der Waals surface area contributed by atoms with Crippen molar-refractivity contribution in [2.24, 2.45) is 0 Å². The Labute approximate surface area is 189 Å². The van der Waals surface area contributed by atoms with Crippen LogP contribution in [-0.2, 0) is 10.0 Å². The number of nitro benzene ring substituents is 1. The zero-order chi connectivity index (χ0) is 23.5. The maximum atomic E-state index is 12.8. The van der Waals surface area contributed by atoms with E-state index in [-0.39, 0.29) is 27.6 Å². The third kappa shape index (κ3) is 4.82. The molecule has 0 unspecified atom stereocenters. The molecule has 0 spiro atoms. The summed E-state index contributed by atoms with van der Waals surface area (Å²) in [5.74, 6) is -0.284. The molecule has 0 aliphatic heterocycles. The van der Waals surface area contributed by atoms with Gasteiger partial charge in [0.05, 0.1) is 28.3 Å². The van der Waals surface area contributed by atoms with E-state index in [2.05, 4.69) is 5.32 Å². The number of nitrogens with one attached hydrogen (secondary N) is 1. The quantitative estimate of drug-likeness (QED) is 0.401. The maximum absolute atomic E-state index is 12.8. The van der Waals surface area contributed by atoms with Gasteiger partial charge in [-0.1, -0.05) is 11.6 Å². The first-order valence-electron chi connectivity index (χ1n) is 9.12. The van der Waals surface area contributed by atoms with E-state index in [0.29, 0.717) is 10.7 Å². The predicted octanol–water partition coefficient (Wildman–Crippen LogP) is 4.33. The number of rotatable bonds is 7. The minimum Gasteiger partial charge on any atom is -0.495 e. The minimum absolute atomic E-state index is 0.0731. The molecule has 0 saturated heterocycles. The van der Waals surface area contributed by atoms with Gasteiger partial charge in [0.2, 0.25) is 0 Å². The first-order valence-corrected chi connectivity index (χ1v) is 10.9. The molecule has 32 heavy (non-hydrogen) atoms. The highest BCUT2D eigenvalue weighted by molar-refractivity contribution is 7.92. The minimum atomic E-state index is -3.82. The molecular weight excluding hydrogens is 458 g/mol. The summed E-state index contributed by atoms with van der Waals surface area (Å²) in [6.07, 6.45) is 0. The zero-order valence-corrected chi connectivity index (χ0v) is 18.6. The number of halogens is 1. The normalized spacial score (nSPS) is 11.0. The fraction of sp³-hybridized carbons (Fsp3) is 0.0952. The Kier molecular flexibility index (Phi) is 6.66. The van der Waals surface area contributed by atoms with Gasteiger partial charge in [-0.25, -0.2) is 8.42 Å². The average Bonchev–Trinajstić information content (AvgIpc) is 2.78. The van der Waals surface area contributed by atoms with Crippen molar-refractivity contribution in [2.75, 3.05) is 23.8 Å². The van der Waals surface area contributed by atoms with Gasteiger partial charge in [0, 0.05) is 29.8 Å². The van der Waals surface area contributed by atoms with Gasteiger partial charge in [-0.05, 0) is 54.6 Å². The number of carbonyl (C=O) groups is 1. The van der Waals surface area contributed by atoms with Crippen LogP contribution in [0.4, 0.5) is 17.1 Å². The SMILES string of the molecule is COc1ccc([N+](=O)[O-])cc1NC(=O)c1ccc(N(C)S(=O)(=O)c2ccc(Cl)cc2)cc1. The lowest BCUT2D eigenvalue weighted by Gasteiger charge is -2.20. The molecule has 0 radical (unpaired) electrons. The van der Waals surface area contributed by atoms with Crippen molar-refractivity contribution in [3.63, 3.8) is 0 Å². The molecule has 166 valence electrons. The van der Waals surface area contributed by atoms with Crippen LogP contribution < -0.4 is 14.4 Å². The summed E-state index contributed by atoms with van der Waals surface area (Å²) in [4.78, 5) is 23.1. The van der Waals surface area contributed by atoms with Crippen molar-refractivity contribution in [1.82, 2.24) is 0 Å². The van der Waals surface area contributed by atoms with Gasteiger partial charge in [0.15, 0.2) is 0 Å². The molecule has 0 saturated carbocycles. The molecule has 0 aliphatic carbocycles. The Morgan fingerprint density at radius 2 is 1.69 bits per heavy atom. The van der Waals surface area contributed by atoms with Gasteiger partial charge in [-0.3, -0.25) is 19.2 Å². The third-order valence-corrected chi connectivity index (χ3v) is 6.66. The summed E-state index contributed by atoms with van der Waals surface area (Å²) >= 11 is 5.82. The van der Waals surface area contributed by atoms with Gasteiger partial charge in [-0.15, -0.1) is 0 Å². The van der Waals surface area contributed by atoms with Gasteiger partial charge in [0.25, 0.3) is 21.6 Å². The van der Waals surface area contributed by atoms with Crippen molar-refractivity contribution in [2.45, 2.75) is 4.90 Å². The third-order valence-electron chi connectivity index (χ3n) is 4.61. The molecule has 9 nitrogen and oxygen atoms in total. The number of hydrogen-bond acceptors (Lipinski definition) is 6. The molecule has 11 heteroatoms. The van der Waals surface area contributed by atoms with E-state index in [4.69, 9.17) is 16.3 Å². The Balaban J connectivity index is 1.81. The van der Waals surface area contributed by atoms with Crippen molar-refractivity contribution < 1.29 is 22.9 Å². The highest BCUT2D eigenvalue weighted by atomic mass is 35.5. The summed E-state index contributed by atoms with van der Waals surface area (Å²) in [6.45, 7) is 0. The molecule has 0 heterocycles. The smallest absolute Gasteiger partial charge is 0.271 e. The van der Waals surface area contributed by atoms with Crippen LogP contribution in [0.1, 0.15) is 10.4 Å². The summed E-state index contributed by atoms with van der Waals surface area (Å²) in [6, 6.07) is 15.5. The predicted molar refractivity (Wildman–Crippen MR) is 121 cm³/mol. The monoisotopic (exact) mass is 475 g/mol. The van der Waals surface area contributed by atoms with Crippen LogP contribution in [0.3, 0.4) is 0 Å². The van der Waals surface area contributed by atoms with Crippen LogP contribution in [0.5, 0.6) is 5.75 Å². The molecule has 1 N–H and O–H groups in total. The van der Waals surface area contributed by atoms with E-state index < -0.39 is 20.9 Å². The van der Waals surface area contributed by atoms with Crippen LogP contribution >= 0.6 is 11.6 Å². The Bertz CT molecular complexity index is 1260. The number of ether oxygens (including phenoxy) is 1. The lowest BCUT2D eigenvalue weighted by molar-refractivity contribution is -0.384. The summed E-state index contributed by atoms with van der Waals surface area (Å²) in [5, 5.41) is 14.0. The molecule has 0 bridgehead atoms. The van der Waals surface area contributed by atoms with Crippen LogP contribution in [0, 0.1) is 10.1 Å². The van der Waals surface area contributed by atoms with E-state index in [1.165, 1.54) is 80.9 Å². The molecule has 3 rings (SSSR count). The van der Waals surface area contributed by atoms with Gasteiger partial charge in [-0.2, -0.15) is 0 Å². The Hall–Kier alpha value is -3.63. The highest BCUT2D eigenvalue weighted by Gasteiger charge is 2.22. The number of sulfonamides is 1. The second-order valence-corrected chi connectivity index (χ2v) is 8.97. The van der Waals surface area contributed by atoms with E-state index in [9.17, 15) is 23.3 Å².